The average Bonchev–Trinajstić information content (AvgIpc) is 2.37. The van der Waals surface area contributed by atoms with Gasteiger partial charge in [-0.05, 0) is 12.1 Å². The lowest BCUT2D eigenvalue weighted by Gasteiger charge is -1.84. The lowest BCUT2D eigenvalue weighted by Crippen LogP contribution is -1.72. The highest BCUT2D eigenvalue weighted by atomic mass is 16.3. The summed E-state index contributed by atoms with van der Waals surface area (Å²) >= 11 is 0. The lowest BCUT2D eigenvalue weighted by molar-refractivity contribution is 0.109. The first kappa shape index (κ1) is 6.81. The molecule has 0 radical (unpaired) electrons. The third kappa shape index (κ3) is 1.35. The SMILES string of the molecule is C=CCc1ccc(C=O)o1. The summed E-state index contributed by atoms with van der Waals surface area (Å²) < 4.78 is 5.03. The zero-order valence-corrected chi connectivity index (χ0v) is 5.54. The number of furan rings is 1. The van der Waals surface area contributed by atoms with Crippen molar-refractivity contribution < 1.29 is 9.21 Å². The van der Waals surface area contributed by atoms with Crippen LogP contribution in [0.25, 0.3) is 0 Å². The molecule has 2 nitrogen and oxygen atoms in total. The van der Waals surface area contributed by atoms with Crippen molar-refractivity contribution in [3.63, 3.8) is 0 Å². The predicted octanol–water partition coefficient (Wildman–Crippen LogP) is 1.82. The van der Waals surface area contributed by atoms with Crippen molar-refractivity contribution in [2.75, 3.05) is 0 Å². The van der Waals surface area contributed by atoms with E-state index in [-0.39, 0.29) is 0 Å². The summed E-state index contributed by atoms with van der Waals surface area (Å²) in [6.07, 6.45) is 3.09. The summed E-state index contributed by atoms with van der Waals surface area (Å²) in [5.41, 5.74) is 0. The predicted molar refractivity (Wildman–Crippen MR) is 38.0 cm³/mol. The van der Waals surface area contributed by atoms with E-state index in [2.05, 4.69) is 6.58 Å². The molecule has 0 saturated heterocycles. The molecule has 52 valence electrons. The highest BCUT2D eigenvalue weighted by Crippen LogP contribution is 2.05. The Balaban J connectivity index is 2.77. The molecule has 0 bridgehead atoms. The number of carbonyl (C=O) groups excluding carboxylic acids is 1. The van der Waals surface area contributed by atoms with E-state index in [9.17, 15) is 4.79 Å². The molecule has 0 fully saturated rings. The Morgan fingerprint density at radius 2 is 2.40 bits per heavy atom. The van der Waals surface area contributed by atoms with Crippen LogP contribution in [-0.2, 0) is 6.42 Å². The molecule has 1 aromatic heterocycles. The van der Waals surface area contributed by atoms with Crippen LogP contribution in [0.5, 0.6) is 0 Å². The van der Waals surface area contributed by atoms with Crippen molar-refractivity contribution in [1.29, 1.82) is 0 Å². The molecular formula is C8H8O2. The fraction of sp³-hybridized carbons (Fsp3) is 0.125. The fourth-order valence-electron chi connectivity index (χ4n) is 0.710. The quantitative estimate of drug-likeness (QED) is 0.468. The standard InChI is InChI=1S/C8H8O2/c1-2-3-7-4-5-8(6-9)10-7/h2,4-6H,1,3H2. The van der Waals surface area contributed by atoms with Gasteiger partial charge in [0.15, 0.2) is 12.0 Å². The molecule has 0 aliphatic rings. The number of carbonyl (C=O) groups is 1. The summed E-state index contributed by atoms with van der Waals surface area (Å²) in [7, 11) is 0. The van der Waals surface area contributed by atoms with Gasteiger partial charge in [-0.2, -0.15) is 0 Å². The molecule has 0 aliphatic heterocycles. The van der Waals surface area contributed by atoms with E-state index in [0.29, 0.717) is 18.5 Å². The van der Waals surface area contributed by atoms with E-state index in [1.54, 1.807) is 18.2 Å². The minimum atomic E-state index is 0.372. The zero-order valence-electron chi connectivity index (χ0n) is 5.54. The lowest BCUT2D eigenvalue weighted by atomic mass is 10.3. The fourth-order valence-corrected chi connectivity index (χ4v) is 0.710. The molecule has 0 atom stereocenters. The minimum Gasteiger partial charge on any atom is -0.458 e. The maximum absolute atomic E-state index is 10.1. The normalized spacial score (nSPS) is 9.20. The number of aldehydes is 1. The molecule has 0 saturated carbocycles. The van der Waals surface area contributed by atoms with Crippen LogP contribution in [0.3, 0.4) is 0 Å². The second kappa shape index (κ2) is 3.01. The van der Waals surface area contributed by atoms with Gasteiger partial charge in [-0.3, -0.25) is 4.79 Å². The summed E-state index contributed by atoms with van der Waals surface area (Å²) in [5.74, 6) is 1.15. The number of hydrogen-bond acceptors (Lipinski definition) is 2. The first-order valence-corrected chi connectivity index (χ1v) is 3.01. The van der Waals surface area contributed by atoms with Crippen molar-refractivity contribution >= 4 is 6.29 Å². The van der Waals surface area contributed by atoms with Gasteiger partial charge in [0.1, 0.15) is 5.76 Å². The van der Waals surface area contributed by atoms with E-state index in [1.165, 1.54) is 0 Å². The molecule has 2 heteroatoms. The van der Waals surface area contributed by atoms with Crippen LogP contribution in [-0.4, -0.2) is 6.29 Å². The largest absolute Gasteiger partial charge is 0.458 e. The number of hydrogen-bond donors (Lipinski definition) is 0. The molecule has 1 aromatic rings. The maximum Gasteiger partial charge on any atom is 0.185 e. The Morgan fingerprint density at radius 1 is 1.60 bits per heavy atom. The maximum atomic E-state index is 10.1. The smallest absolute Gasteiger partial charge is 0.185 e. The van der Waals surface area contributed by atoms with Crippen LogP contribution in [0.4, 0.5) is 0 Å². The topological polar surface area (TPSA) is 30.2 Å². The Bertz CT molecular complexity index is 235. The molecule has 0 aliphatic carbocycles. The van der Waals surface area contributed by atoms with Gasteiger partial charge < -0.3 is 4.42 Å². The third-order valence-corrected chi connectivity index (χ3v) is 1.14. The monoisotopic (exact) mass is 136 g/mol. The molecule has 0 aromatic carbocycles. The van der Waals surface area contributed by atoms with Gasteiger partial charge in [0, 0.05) is 6.42 Å². The van der Waals surface area contributed by atoms with Gasteiger partial charge in [-0.15, -0.1) is 6.58 Å². The van der Waals surface area contributed by atoms with Gasteiger partial charge in [0.25, 0.3) is 0 Å². The molecule has 0 amide bonds. The van der Waals surface area contributed by atoms with Crippen LogP contribution >= 0.6 is 0 Å². The van der Waals surface area contributed by atoms with E-state index < -0.39 is 0 Å². The molecule has 1 rings (SSSR count). The zero-order chi connectivity index (χ0) is 7.40. The average molecular weight is 136 g/mol. The summed E-state index contributed by atoms with van der Waals surface area (Å²) in [6, 6.07) is 3.41. The molecule has 0 unspecified atom stereocenters. The molecular weight excluding hydrogens is 128 g/mol. The highest BCUT2D eigenvalue weighted by molar-refractivity contribution is 5.70. The van der Waals surface area contributed by atoms with Crippen LogP contribution in [0.1, 0.15) is 16.3 Å². The van der Waals surface area contributed by atoms with E-state index in [4.69, 9.17) is 4.42 Å². The second-order valence-corrected chi connectivity index (χ2v) is 1.91. The Kier molecular flexibility index (Phi) is 2.05. The molecule has 10 heavy (non-hydrogen) atoms. The van der Waals surface area contributed by atoms with Gasteiger partial charge in [-0.25, -0.2) is 0 Å². The van der Waals surface area contributed by atoms with E-state index >= 15 is 0 Å². The van der Waals surface area contributed by atoms with Crippen LogP contribution < -0.4 is 0 Å². The van der Waals surface area contributed by atoms with Crippen LogP contribution in [0, 0.1) is 0 Å². The van der Waals surface area contributed by atoms with Crippen molar-refractivity contribution in [2.24, 2.45) is 0 Å². The number of allylic oxidation sites excluding steroid dienone is 1. The van der Waals surface area contributed by atoms with Gasteiger partial charge in [0.05, 0.1) is 0 Å². The third-order valence-electron chi connectivity index (χ3n) is 1.14. The Morgan fingerprint density at radius 3 is 2.90 bits per heavy atom. The summed E-state index contributed by atoms with van der Waals surface area (Å²) in [5, 5.41) is 0. The molecule has 0 spiro atoms. The first-order valence-electron chi connectivity index (χ1n) is 3.01. The summed E-state index contributed by atoms with van der Waals surface area (Å²) in [4.78, 5) is 10.1. The van der Waals surface area contributed by atoms with Gasteiger partial charge >= 0.3 is 0 Å². The van der Waals surface area contributed by atoms with Crippen molar-refractivity contribution in [3.8, 4) is 0 Å². The minimum absolute atomic E-state index is 0.372. The van der Waals surface area contributed by atoms with Crippen molar-refractivity contribution in [1.82, 2.24) is 0 Å². The van der Waals surface area contributed by atoms with Crippen LogP contribution in [0.2, 0.25) is 0 Å². The number of rotatable bonds is 3. The van der Waals surface area contributed by atoms with Crippen molar-refractivity contribution in [3.05, 3.63) is 36.3 Å². The molecule has 1 heterocycles. The van der Waals surface area contributed by atoms with E-state index in [1.807, 2.05) is 0 Å². The Labute approximate surface area is 59.2 Å². The van der Waals surface area contributed by atoms with Crippen molar-refractivity contribution in [2.45, 2.75) is 6.42 Å². The second-order valence-electron chi connectivity index (χ2n) is 1.91. The van der Waals surface area contributed by atoms with Gasteiger partial charge in [-0.1, -0.05) is 6.08 Å². The van der Waals surface area contributed by atoms with Crippen LogP contribution in [0.15, 0.2) is 29.2 Å². The van der Waals surface area contributed by atoms with E-state index in [0.717, 1.165) is 5.76 Å². The first-order chi connectivity index (χ1) is 4.86. The molecule has 0 N–H and O–H groups in total. The summed E-state index contributed by atoms with van der Waals surface area (Å²) in [6.45, 7) is 3.54. The van der Waals surface area contributed by atoms with Gasteiger partial charge in [0.2, 0.25) is 0 Å². The highest BCUT2D eigenvalue weighted by Gasteiger charge is 1.96. The Hall–Kier alpha value is -1.31.